The van der Waals surface area contributed by atoms with Crippen molar-refractivity contribution in [2.24, 2.45) is 16.3 Å². The van der Waals surface area contributed by atoms with Crippen LogP contribution in [0, 0.1) is 11.3 Å². The summed E-state index contributed by atoms with van der Waals surface area (Å²) in [6.45, 7) is 11.3. The molecule has 0 amide bonds. The van der Waals surface area contributed by atoms with E-state index < -0.39 is 0 Å². The molecule has 0 spiro atoms. The van der Waals surface area contributed by atoms with Crippen LogP contribution in [0.4, 0.5) is 0 Å². The van der Waals surface area contributed by atoms with Gasteiger partial charge in [-0.2, -0.15) is 0 Å². The van der Waals surface area contributed by atoms with Gasteiger partial charge < -0.3 is 20.3 Å². The van der Waals surface area contributed by atoms with Gasteiger partial charge in [-0.05, 0) is 39.2 Å². The minimum Gasteiger partial charge on any atom is -0.377 e. The van der Waals surface area contributed by atoms with Gasteiger partial charge in [-0.1, -0.05) is 20.3 Å². The predicted octanol–water partition coefficient (Wildman–Crippen LogP) is 2.23. The highest BCUT2D eigenvalue weighted by atomic mass is 16.5. The third-order valence-electron chi connectivity index (χ3n) is 6.47. The maximum absolute atomic E-state index is 5.88. The Morgan fingerprint density at radius 1 is 1.29 bits per heavy atom. The third kappa shape index (κ3) is 3.57. The number of hydrogen-bond acceptors (Lipinski definition) is 3. The van der Waals surface area contributed by atoms with Crippen LogP contribution in [-0.2, 0) is 4.74 Å². The number of rotatable bonds is 5. The predicted molar refractivity (Wildman–Crippen MR) is 99.4 cm³/mol. The van der Waals surface area contributed by atoms with Gasteiger partial charge in [0, 0.05) is 50.2 Å². The number of hydrogen-bond donors (Lipinski definition) is 2. The van der Waals surface area contributed by atoms with Gasteiger partial charge in [0.25, 0.3) is 0 Å². The second-order valence-corrected chi connectivity index (χ2v) is 8.42. The Balaban J connectivity index is 1.39. The summed E-state index contributed by atoms with van der Waals surface area (Å²) in [4.78, 5) is 7.06. The molecule has 0 aromatic carbocycles. The number of nitrogens with zero attached hydrogens (tertiary/aromatic N) is 2. The van der Waals surface area contributed by atoms with Crippen LogP contribution < -0.4 is 10.6 Å². The second-order valence-electron chi connectivity index (χ2n) is 8.42. The zero-order valence-electron chi connectivity index (χ0n) is 16.0. The first-order valence-electron chi connectivity index (χ1n) is 9.87. The standard InChI is InChI=1S/C19H36N4O/c1-14-8-5-6-11-23(14)12-7-10-21-18(20-4)22-16-15-9-13-24-17(15)19(16,2)3/h14-17H,5-13H2,1-4H3,(H2,20,21,22). The molecule has 2 saturated heterocycles. The fourth-order valence-corrected chi connectivity index (χ4v) is 4.94. The lowest BCUT2D eigenvalue weighted by molar-refractivity contribution is -0.106. The van der Waals surface area contributed by atoms with Crippen LogP contribution >= 0.6 is 0 Å². The zero-order valence-corrected chi connectivity index (χ0v) is 16.0. The smallest absolute Gasteiger partial charge is 0.191 e. The first-order chi connectivity index (χ1) is 11.5. The Hall–Kier alpha value is -0.810. The highest BCUT2D eigenvalue weighted by Gasteiger charge is 2.59. The molecular formula is C19H36N4O. The molecule has 138 valence electrons. The molecule has 0 aromatic rings. The van der Waals surface area contributed by atoms with E-state index in [1.807, 2.05) is 7.05 Å². The van der Waals surface area contributed by atoms with Gasteiger partial charge >= 0.3 is 0 Å². The SMILES string of the molecule is CN=C(NCCCN1CCCCC1C)NC1C2CCOC2C1(C)C. The average Bonchev–Trinajstić information content (AvgIpc) is 3.02. The molecule has 2 heterocycles. The van der Waals surface area contributed by atoms with Gasteiger partial charge in [-0.15, -0.1) is 0 Å². The zero-order chi connectivity index (χ0) is 17.2. The lowest BCUT2D eigenvalue weighted by Gasteiger charge is -2.54. The molecular weight excluding hydrogens is 300 g/mol. The number of piperidine rings is 1. The van der Waals surface area contributed by atoms with Gasteiger partial charge in [-0.25, -0.2) is 0 Å². The maximum atomic E-state index is 5.88. The summed E-state index contributed by atoms with van der Waals surface area (Å²) < 4.78 is 5.88. The highest BCUT2D eigenvalue weighted by Crippen LogP contribution is 2.52. The summed E-state index contributed by atoms with van der Waals surface area (Å²) in [6.07, 6.45) is 6.90. The van der Waals surface area contributed by atoms with E-state index in [0.29, 0.717) is 18.1 Å². The second kappa shape index (κ2) is 7.61. The van der Waals surface area contributed by atoms with Crippen LogP contribution in [0.15, 0.2) is 4.99 Å². The van der Waals surface area contributed by atoms with Gasteiger partial charge in [0.2, 0.25) is 0 Å². The fourth-order valence-electron chi connectivity index (χ4n) is 4.94. The Morgan fingerprint density at radius 3 is 2.88 bits per heavy atom. The summed E-state index contributed by atoms with van der Waals surface area (Å²) in [5, 5.41) is 7.17. The van der Waals surface area contributed by atoms with Crippen LogP contribution in [0.2, 0.25) is 0 Å². The minimum absolute atomic E-state index is 0.196. The molecule has 1 saturated carbocycles. The molecule has 4 atom stereocenters. The first kappa shape index (κ1) is 18.0. The first-order valence-corrected chi connectivity index (χ1v) is 9.87. The number of fused-ring (bicyclic) bond motifs is 1. The fraction of sp³-hybridized carbons (Fsp3) is 0.947. The quantitative estimate of drug-likeness (QED) is 0.459. The molecule has 24 heavy (non-hydrogen) atoms. The summed E-state index contributed by atoms with van der Waals surface area (Å²) in [7, 11) is 1.87. The van der Waals surface area contributed by atoms with E-state index in [9.17, 15) is 0 Å². The van der Waals surface area contributed by atoms with Crippen molar-refractivity contribution in [2.45, 2.75) is 71.1 Å². The van der Waals surface area contributed by atoms with Crippen molar-refractivity contribution in [1.82, 2.24) is 15.5 Å². The van der Waals surface area contributed by atoms with E-state index in [1.165, 1.54) is 45.2 Å². The number of nitrogens with one attached hydrogen (secondary N) is 2. The van der Waals surface area contributed by atoms with Crippen LogP contribution in [0.3, 0.4) is 0 Å². The monoisotopic (exact) mass is 336 g/mol. The maximum Gasteiger partial charge on any atom is 0.191 e. The molecule has 4 unspecified atom stereocenters. The number of ether oxygens (including phenoxy) is 1. The number of likely N-dealkylation sites (tertiary alicyclic amines) is 1. The molecule has 2 aliphatic heterocycles. The molecule has 0 radical (unpaired) electrons. The van der Waals surface area contributed by atoms with E-state index in [2.05, 4.69) is 41.3 Å². The van der Waals surface area contributed by atoms with Crippen LogP contribution in [0.25, 0.3) is 0 Å². The van der Waals surface area contributed by atoms with Crippen molar-refractivity contribution in [3.63, 3.8) is 0 Å². The normalized spacial score (nSPS) is 36.1. The largest absolute Gasteiger partial charge is 0.377 e. The summed E-state index contributed by atoms with van der Waals surface area (Å²) in [5.41, 5.74) is 0.196. The topological polar surface area (TPSA) is 48.9 Å². The summed E-state index contributed by atoms with van der Waals surface area (Å²) in [5.74, 6) is 1.60. The average molecular weight is 337 g/mol. The molecule has 1 aliphatic carbocycles. The minimum atomic E-state index is 0.196. The van der Waals surface area contributed by atoms with E-state index >= 15 is 0 Å². The molecule has 0 bridgehead atoms. The lowest BCUT2D eigenvalue weighted by atomic mass is 9.57. The van der Waals surface area contributed by atoms with Crippen molar-refractivity contribution in [3.05, 3.63) is 0 Å². The van der Waals surface area contributed by atoms with Crippen molar-refractivity contribution in [1.29, 1.82) is 0 Å². The highest BCUT2D eigenvalue weighted by molar-refractivity contribution is 5.80. The van der Waals surface area contributed by atoms with Gasteiger partial charge in [-0.3, -0.25) is 4.99 Å². The van der Waals surface area contributed by atoms with Crippen LogP contribution in [0.5, 0.6) is 0 Å². The summed E-state index contributed by atoms with van der Waals surface area (Å²) in [6, 6.07) is 1.23. The van der Waals surface area contributed by atoms with Gasteiger partial charge in [0.1, 0.15) is 0 Å². The molecule has 3 aliphatic rings. The lowest BCUT2D eigenvalue weighted by Crippen LogP contribution is -2.68. The van der Waals surface area contributed by atoms with Crippen LogP contribution in [0.1, 0.15) is 52.9 Å². The summed E-state index contributed by atoms with van der Waals surface area (Å²) >= 11 is 0. The van der Waals surface area contributed by atoms with E-state index in [1.54, 1.807) is 0 Å². The van der Waals surface area contributed by atoms with Crippen molar-refractivity contribution < 1.29 is 4.74 Å². The van der Waals surface area contributed by atoms with Gasteiger partial charge in [0.05, 0.1) is 6.10 Å². The van der Waals surface area contributed by atoms with Crippen molar-refractivity contribution >= 4 is 5.96 Å². The van der Waals surface area contributed by atoms with E-state index in [0.717, 1.165) is 25.2 Å². The molecule has 2 N–H and O–H groups in total. The number of aliphatic imine (C=N–C) groups is 1. The van der Waals surface area contributed by atoms with Crippen molar-refractivity contribution in [3.8, 4) is 0 Å². The molecule has 5 heteroatoms. The van der Waals surface area contributed by atoms with E-state index in [4.69, 9.17) is 4.74 Å². The molecule has 0 aromatic heterocycles. The Morgan fingerprint density at radius 2 is 2.12 bits per heavy atom. The Labute approximate surface area is 147 Å². The number of guanidine groups is 1. The Kier molecular flexibility index (Phi) is 5.70. The van der Waals surface area contributed by atoms with E-state index in [-0.39, 0.29) is 5.41 Å². The van der Waals surface area contributed by atoms with Crippen LogP contribution in [-0.4, -0.2) is 62.3 Å². The van der Waals surface area contributed by atoms with Gasteiger partial charge in [0.15, 0.2) is 5.96 Å². The van der Waals surface area contributed by atoms with Crippen molar-refractivity contribution in [2.75, 3.05) is 33.3 Å². The Bertz CT molecular complexity index is 451. The molecule has 5 nitrogen and oxygen atoms in total. The third-order valence-corrected chi connectivity index (χ3v) is 6.47. The molecule has 3 rings (SSSR count). The molecule has 3 fully saturated rings.